The number of benzene rings is 1. The van der Waals surface area contributed by atoms with Gasteiger partial charge in [0, 0.05) is 13.7 Å². The van der Waals surface area contributed by atoms with E-state index in [4.69, 9.17) is 9.84 Å². The maximum absolute atomic E-state index is 5.27. The first kappa shape index (κ1) is 13.1. The second kappa shape index (κ2) is 6.55. The Labute approximate surface area is 109 Å². The normalized spacial score (nSPS) is 20.4. The van der Waals surface area contributed by atoms with Crippen molar-refractivity contribution in [2.24, 2.45) is 5.10 Å². The van der Waals surface area contributed by atoms with Crippen LogP contribution in [0.15, 0.2) is 35.4 Å². The van der Waals surface area contributed by atoms with E-state index >= 15 is 0 Å². The van der Waals surface area contributed by atoms with Gasteiger partial charge < -0.3 is 4.74 Å². The third-order valence-electron chi connectivity index (χ3n) is 3.40. The van der Waals surface area contributed by atoms with Gasteiger partial charge in [-0.1, -0.05) is 37.3 Å². The van der Waals surface area contributed by atoms with E-state index in [0.29, 0.717) is 6.04 Å². The third-order valence-corrected chi connectivity index (χ3v) is 3.40. The lowest BCUT2D eigenvalue weighted by molar-refractivity contribution is 0.118. The molecule has 2 rings (SSSR count). The second-order valence-electron chi connectivity index (χ2n) is 4.68. The third kappa shape index (κ3) is 3.10. The molecule has 1 saturated heterocycles. The molecule has 1 aromatic rings. The highest BCUT2D eigenvalue weighted by Gasteiger charge is 2.23. The summed E-state index contributed by atoms with van der Waals surface area (Å²) in [6.07, 6.45) is 3.35. The molecule has 3 nitrogen and oxygen atoms in total. The zero-order valence-electron chi connectivity index (χ0n) is 11.3. The Balaban J connectivity index is 2.14. The summed E-state index contributed by atoms with van der Waals surface area (Å²) in [6.45, 7) is 3.98. The van der Waals surface area contributed by atoms with Crippen LogP contribution in [0.5, 0.6) is 0 Å². The van der Waals surface area contributed by atoms with Crippen LogP contribution in [-0.2, 0) is 4.74 Å². The molecule has 3 heteroatoms. The van der Waals surface area contributed by atoms with Gasteiger partial charge in [-0.15, -0.1) is 0 Å². The Morgan fingerprint density at radius 3 is 2.83 bits per heavy atom. The summed E-state index contributed by atoms with van der Waals surface area (Å²) in [5.41, 5.74) is 2.39. The van der Waals surface area contributed by atoms with Gasteiger partial charge in [-0.2, -0.15) is 5.10 Å². The predicted molar refractivity (Wildman–Crippen MR) is 74.9 cm³/mol. The smallest absolute Gasteiger partial charge is 0.0704 e. The number of hydrogen-bond acceptors (Lipinski definition) is 3. The van der Waals surface area contributed by atoms with Crippen molar-refractivity contribution in [2.75, 3.05) is 20.3 Å². The van der Waals surface area contributed by atoms with Crippen molar-refractivity contribution in [2.45, 2.75) is 32.2 Å². The van der Waals surface area contributed by atoms with E-state index in [0.717, 1.165) is 19.6 Å². The van der Waals surface area contributed by atoms with E-state index in [1.807, 2.05) is 6.07 Å². The topological polar surface area (TPSA) is 24.8 Å². The van der Waals surface area contributed by atoms with Crippen molar-refractivity contribution < 1.29 is 4.74 Å². The van der Waals surface area contributed by atoms with Crippen molar-refractivity contribution >= 4 is 5.71 Å². The molecule has 1 fully saturated rings. The highest BCUT2D eigenvalue weighted by atomic mass is 16.5. The summed E-state index contributed by atoms with van der Waals surface area (Å²) < 4.78 is 5.27. The lowest BCUT2D eigenvalue weighted by Gasteiger charge is -2.22. The van der Waals surface area contributed by atoms with Crippen molar-refractivity contribution in [1.82, 2.24) is 5.01 Å². The Bertz CT molecular complexity index is 389. The first-order valence-corrected chi connectivity index (χ1v) is 6.73. The molecule has 0 amide bonds. The van der Waals surface area contributed by atoms with Crippen LogP contribution in [0.25, 0.3) is 0 Å². The van der Waals surface area contributed by atoms with Crippen LogP contribution >= 0.6 is 0 Å². The van der Waals surface area contributed by atoms with E-state index in [1.165, 1.54) is 24.1 Å². The van der Waals surface area contributed by atoms with Gasteiger partial charge in [0.2, 0.25) is 0 Å². The first-order chi connectivity index (χ1) is 8.85. The molecule has 0 N–H and O–H groups in total. The summed E-state index contributed by atoms with van der Waals surface area (Å²) in [6, 6.07) is 10.9. The van der Waals surface area contributed by atoms with Crippen LogP contribution in [0.3, 0.4) is 0 Å². The molecule has 1 heterocycles. The summed E-state index contributed by atoms with van der Waals surface area (Å²) >= 11 is 0. The fourth-order valence-electron chi connectivity index (χ4n) is 2.43. The standard InChI is InChI=1S/C15H22N2O/c1-3-15(13-8-5-4-6-9-13)16-17-11-7-10-14(17)12-18-2/h4-6,8-9,14H,3,7,10-12H2,1-2H3/b16-15-/t14-/m0/s1. The van der Waals surface area contributed by atoms with E-state index in [2.05, 4.69) is 36.2 Å². The second-order valence-corrected chi connectivity index (χ2v) is 4.68. The minimum absolute atomic E-state index is 0.445. The number of hydrazone groups is 1. The van der Waals surface area contributed by atoms with E-state index < -0.39 is 0 Å². The number of rotatable bonds is 5. The number of hydrogen-bond donors (Lipinski definition) is 0. The van der Waals surface area contributed by atoms with Gasteiger partial charge in [0.15, 0.2) is 0 Å². The number of nitrogens with zero attached hydrogens (tertiary/aromatic N) is 2. The van der Waals surface area contributed by atoms with Crippen molar-refractivity contribution in [1.29, 1.82) is 0 Å². The summed E-state index contributed by atoms with van der Waals surface area (Å²) in [7, 11) is 1.76. The largest absolute Gasteiger partial charge is 0.382 e. The predicted octanol–water partition coefficient (Wildman–Crippen LogP) is 2.91. The Morgan fingerprint density at radius 2 is 2.17 bits per heavy atom. The molecule has 1 atom stereocenters. The fourth-order valence-corrected chi connectivity index (χ4v) is 2.43. The van der Waals surface area contributed by atoms with E-state index in [1.54, 1.807) is 7.11 Å². The quantitative estimate of drug-likeness (QED) is 0.746. The Morgan fingerprint density at radius 1 is 1.39 bits per heavy atom. The summed E-state index contributed by atoms with van der Waals surface area (Å²) in [5.74, 6) is 0. The molecule has 0 bridgehead atoms. The molecule has 0 saturated carbocycles. The van der Waals surface area contributed by atoms with Gasteiger partial charge in [-0.3, -0.25) is 5.01 Å². The molecule has 0 unspecified atom stereocenters. The molecule has 1 aliphatic rings. The van der Waals surface area contributed by atoms with Crippen molar-refractivity contribution in [3.63, 3.8) is 0 Å². The van der Waals surface area contributed by atoms with Gasteiger partial charge in [0.05, 0.1) is 18.4 Å². The van der Waals surface area contributed by atoms with Gasteiger partial charge in [0.1, 0.15) is 0 Å². The average molecular weight is 246 g/mol. The fraction of sp³-hybridized carbons (Fsp3) is 0.533. The Kier molecular flexibility index (Phi) is 4.76. The molecule has 98 valence electrons. The van der Waals surface area contributed by atoms with Crippen molar-refractivity contribution in [3.8, 4) is 0 Å². The van der Waals surface area contributed by atoms with E-state index in [9.17, 15) is 0 Å². The maximum atomic E-state index is 5.27. The highest BCUT2D eigenvalue weighted by Crippen LogP contribution is 2.19. The lowest BCUT2D eigenvalue weighted by atomic mass is 10.1. The number of methoxy groups -OCH3 is 1. The van der Waals surface area contributed by atoms with Crippen LogP contribution < -0.4 is 0 Å². The average Bonchev–Trinajstić information content (AvgIpc) is 2.85. The maximum Gasteiger partial charge on any atom is 0.0704 e. The highest BCUT2D eigenvalue weighted by molar-refractivity contribution is 6.00. The zero-order valence-corrected chi connectivity index (χ0v) is 11.3. The molecule has 0 radical (unpaired) electrons. The molecule has 1 aromatic carbocycles. The van der Waals surface area contributed by atoms with Gasteiger partial charge in [-0.05, 0) is 24.8 Å². The van der Waals surface area contributed by atoms with Gasteiger partial charge >= 0.3 is 0 Å². The Hall–Kier alpha value is -1.35. The molecule has 0 aliphatic carbocycles. The molecule has 0 aromatic heterocycles. The molecular weight excluding hydrogens is 224 g/mol. The molecular formula is C15H22N2O. The number of ether oxygens (including phenoxy) is 1. The zero-order chi connectivity index (χ0) is 12.8. The summed E-state index contributed by atoms with van der Waals surface area (Å²) in [4.78, 5) is 0. The molecule has 18 heavy (non-hydrogen) atoms. The minimum Gasteiger partial charge on any atom is -0.382 e. The van der Waals surface area contributed by atoms with Crippen LogP contribution in [-0.4, -0.2) is 37.0 Å². The SMILES string of the molecule is CC/C(=N/N1CCC[C@H]1COC)c1ccccc1. The minimum atomic E-state index is 0.445. The van der Waals surface area contributed by atoms with Crippen LogP contribution in [0.1, 0.15) is 31.7 Å². The molecule has 1 aliphatic heterocycles. The van der Waals surface area contributed by atoms with Gasteiger partial charge in [-0.25, -0.2) is 0 Å². The van der Waals surface area contributed by atoms with Crippen LogP contribution in [0.4, 0.5) is 0 Å². The lowest BCUT2D eigenvalue weighted by Crippen LogP contribution is -2.29. The van der Waals surface area contributed by atoms with Crippen LogP contribution in [0.2, 0.25) is 0 Å². The van der Waals surface area contributed by atoms with Crippen molar-refractivity contribution in [3.05, 3.63) is 35.9 Å². The molecule has 0 spiro atoms. The van der Waals surface area contributed by atoms with Crippen LogP contribution in [0, 0.1) is 0 Å². The van der Waals surface area contributed by atoms with Gasteiger partial charge in [0.25, 0.3) is 0 Å². The monoisotopic (exact) mass is 246 g/mol. The first-order valence-electron chi connectivity index (χ1n) is 6.73. The summed E-state index contributed by atoms with van der Waals surface area (Å²) in [5, 5.41) is 7.04. The van der Waals surface area contributed by atoms with E-state index in [-0.39, 0.29) is 0 Å².